The summed E-state index contributed by atoms with van der Waals surface area (Å²) in [4.78, 5) is 0. The van der Waals surface area contributed by atoms with Crippen LogP contribution in [-0.4, -0.2) is 5.54 Å². The Bertz CT molecular complexity index is 605. The summed E-state index contributed by atoms with van der Waals surface area (Å²) in [6, 6.07) is 7.52. The molecule has 0 amide bonds. The predicted octanol–water partition coefficient (Wildman–Crippen LogP) is 5.16. The van der Waals surface area contributed by atoms with E-state index < -0.39 is 0 Å². The van der Waals surface area contributed by atoms with Crippen molar-refractivity contribution >= 4 is 27.5 Å². The molecule has 0 unspecified atom stereocenters. The van der Waals surface area contributed by atoms with E-state index in [9.17, 15) is 0 Å². The van der Waals surface area contributed by atoms with E-state index in [0.717, 1.165) is 22.3 Å². The molecule has 114 valence electrons. The Morgan fingerprint density at radius 1 is 1.29 bits per heavy atom. The van der Waals surface area contributed by atoms with Crippen LogP contribution in [0.4, 0.5) is 0 Å². The van der Waals surface area contributed by atoms with E-state index in [0.29, 0.717) is 17.4 Å². The molecule has 1 heterocycles. The van der Waals surface area contributed by atoms with E-state index in [4.69, 9.17) is 20.8 Å². The lowest BCUT2D eigenvalue weighted by atomic mass is 10.1. The first-order valence-electron chi connectivity index (χ1n) is 6.73. The first-order valence-corrected chi connectivity index (χ1v) is 7.90. The molecule has 1 aromatic carbocycles. The predicted molar refractivity (Wildman–Crippen MR) is 88.8 cm³/mol. The van der Waals surface area contributed by atoms with Gasteiger partial charge in [-0.1, -0.05) is 27.5 Å². The molecule has 0 spiro atoms. The van der Waals surface area contributed by atoms with Crippen molar-refractivity contribution in [2.75, 3.05) is 0 Å². The Kier molecular flexibility index (Phi) is 5.36. The molecule has 0 radical (unpaired) electrons. The average molecular weight is 373 g/mol. The highest BCUT2D eigenvalue weighted by Crippen LogP contribution is 2.28. The van der Waals surface area contributed by atoms with Crippen LogP contribution in [0.2, 0.25) is 5.02 Å². The van der Waals surface area contributed by atoms with Gasteiger partial charge in [-0.05, 0) is 45.0 Å². The second-order valence-electron chi connectivity index (χ2n) is 5.89. The van der Waals surface area contributed by atoms with Gasteiger partial charge < -0.3 is 14.5 Å². The van der Waals surface area contributed by atoms with Crippen LogP contribution in [0.15, 0.2) is 39.4 Å². The standard InChI is InChI=1S/C16H19BrClNO2/c1-16(2,3)19-8-11-6-13(20-9-11)10-21-15-5-4-12(17)7-14(15)18/h4-7,9,19H,8,10H2,1-3H3. The fourth-order valence-electron chi connectivity index (χ4n) is 1.70. The zero-order valence-corrected chi connectivity index (χ0v) is 14.7. The molecule has 0 bridgehead atoms. The molecule has 0 aliphatic heterocycles. The van der Waals surface area contributed by atoms with Crippen molar-refractivity contribution in [1.82, 2.24) is 5.32 Å². The largest absolute Gasteiger partial charge is 0.484 e. The number of ether oxygens (including phenoxy) is 1. The van der Waals surface area contributed by atoms with Crippen LogP contribution < -0.4 is 10.1 Å². The Hall–Kier alpha value is -0.970. The number of halogens is 2. The lowest BCUT2D eigenvalue weighted by Crippen LogP contribution is -2.34. The van der Waals surface area contributed by atoms with Gasteiger partial charge in [-0.15, -0.1) is 0 Å². The molecule has 5 heteroatoms. The van der Waals surface area contributed by atoms with Gasteiger partial charge in [0.15, 0.2) is 0 Å². The van der Waals surface area contributed by atoms with Gasteiger partial charge in [0.05, 0.1) is 11.3 Å². The molecular weight excluding hydrogens is 354 g/mol. The molecule has 2 rings (SSSR count). The van der Waals surface area contributed by atoms with Gasteiger partial charge in [0.1, 0.15) is 18.1 Å². The van der Waals surface area contributed by atoms with Gasteiger partial charge in [0.2, 0.25) is 0 Å². The molecule has 0 aliphatic carbocycles. The van der Waals surface area contributed by atoms with Crippen molar-refractivity contribution in [2.24, 2.45) is 0 Å². The normalized spacial score (nSPS) is 11.7. The van der Waals surface area contributed by atoms with Gasteiger partial charge in [0.25, 0.3) is 0 Å². The first kappa shape index (κ1) is 16.4. The van der Waals surface area contributed by atoms with Crippen LogP contribution >= 0.6 is 27.5 Å². The molecule has 0 saturated carbocycles. The number of rotatable bonds is 5. The summed E-state index contributed by atoms with van der Waals surface area (Å²) in [5, 5.41) is 3.99. The first-order chi connectivity index (χ1) is 9.83. The monoisotopic (exact) mass is 371 g/mol. The average Bonchev–Trinajstić information content (AvgIpc) is 2.82. The number of hydrogen-bond donors (Lipinski definition) is 1. The van der Waals surface area contributed by atoms with Crippen molar-refractivity contribution in [3.8, 4) is 5.75 Å². The number of furan rings is 1. The summed E-state index contributed by atoms with van der Waals surface area (Å²) in [7, 11) is 0. The van der Waals surface area contributed by atoms with E-state index in [-0.39, 0.29) is 5.54 Å². The molecule has 3 nitrogen and oxygen atoms in total. The molecule has 0 atom stereocenters. The van der Waals surface area contributed by atoms with Crippen molar-refractivity contribution in [3.05, 3.63) is 51.3 Å². The zero-order valence-electron chi connectivity index (χ0n) is 12.4. The maximum absolute atomic E-state index is 6.11. The van der Waals surface area contributed by atoms with E-state index in [2.05, 4.69) is 42.0 Å². The van der Waals surface area contributed by atoms with Crippen LogP contribution in [0.25, 0.3) is 0 Å². The number of hydrogen-bond acceptors (Lipinski definition) is 3. The highest BCUT2D eigenvalue weighted by molar-refractivity contribution is 9.10. The molecule has 1 aromatic heterocycles. The third-order valence-corrected chi connectivity index (χ3v) is 3.58. The summed E-state index contributed by atoms with van der Waals surface area (Å²) in [6.45, 7) is 7.52. The maximum Gasteiger partial charge on any atom is 0.146 e. The smallest absolute Gasteiger partial charge is 0.146 e. The Morgan fingerprint density at radius 2 is 2.05 bits per heavy atom. The van der Waals surface area contributed by atoms with E-state index in [1.807, 2.05) is 18.2 Å². The van der Waals surface area contributed by atoms with Crippen molar-refractivity contribution in [1.29, 1.82) is 0 Å². The van der Waals surface area contributed by atoms with Gasteiger partial charge >= 0.3 is 0 Å². The lowest BCUT2D eigenvalue weighted by molar-refractivity contribution is 0.270. The summed E-state index contributed by atoms with van der Waals surface area (Å²) < 4.78 is 12.1. The minimum absolute atomic E-state index is 0.0822. The second-order valence-corrected chi connectivity index (χ2v) is 7.21. The SMILES string of the molecule is CC(C)(C)NCc1coc(COc2ccc(Br)cc2Cl)c1. The molecule has 21 heavy (non-hydrogen) atoms. The highest BCUT2D eigenvalue weighted by atomic mass is 79.9. The van der Waals surface area contributed by atoms with E-state index in [1.165, 1.54) is 0 Å². The second kappa shape index (κ2) is 6.86. The topological polar surface area (TPSA) is 34.4 Å². The maximum atomic E-state index is 6.11. The third kappa shape index (κ3) is 5.38. The number of nitrogens with one attached hydrogen (secondary N) is 1. The Labute approximate surface area is 138 Å². The minimum Gasteiger partial charge on any atom is -0.484 e. The zero-order chi connectivity index (χ0) is 15.5. The van der Waals surface area contributed by atoms with Crippen molar-refractivity contribution < 1.29 is 9.15 Å². The highest BCUT2D eigenvalue weighted by Gasteiger charge is 2.10. The van der Waals surface area contributed by atoms with Crippen molar-refractivity contribution in [2.45, 2.75) is 39.5 Å². The van der Waals surface area contributed by atoms with Crippen LogP contribution in [0.3, 0.4) is 0 Å². The molecule has 0 aliphatic rings. The summed E-state index contributed by atoms with van der Waals surface area (Å²) >= 11 is 9.47. The van der Waals surface area contributed by atoms with Gasteiger partial charge in [0, 0.05) is 22.1 Å². The van der Waals surface area contributed by atoms with Crippen LogP contribution in [0, 0.1) is 0 Å². The van der Waals surface area contributed by atoms with E-state index >= 15 is 0 Å². The Balaban J connectivity index is 1.90. The third-order valence-electron chi connectivity index (χ3n) is 2.79. The molecule has 1 N–H and O–H groups in total. The lowest BCUT2D eigenvalue weighted by Gasteiger charge is -2.19. The van der Waals surface area contributed by atoms with Gasteiger partial charge in [-0.3, -0.25) is 0 Å². The Morgan fingerprint density at radius 3 is 2.71 bits per heavy atom. The summed E-state index contributed by atoms with van der Waals surface area (Å²) in [6.07, 6.45) is 1.75. The number of benzene rings is 1. The minimum atomic E-state index is 0.0822. The molecule has 0 saturated heterocycles. The summed E-state index contributed by atoms with van der Waals surface area (Å²) in [5.74, 6) is 1.42. The fourth-order valence-corrected chi connectivity index (χ4v) is 2.43. The quantitative estimate of drug-likeness (QED) is 0.787. The van der Waals surface area contributed by atoms with Crippen LogP contribution in [0.5, 0.6) is 5.75 Å². The van der Waals surface area contributed by atoms with Gasteiger partial charge in [-0.25, -0.2) is 0 Å². The van der Waals surface area contributed by atoms with E-state index in [1.54, 1.807) is 12.3 Å². The fraction of sp³-hybridized carbons (Fsp3) is 0.375. The van der Waals surface area contributed by atoms with Crippen molar-refractivity contribution in [3.63, 3.8) is 0 Å². The molecule has 2 aromatic rings. The molecular formula is C16H19BrClNO2. The van der Waals surface area contributed by atoms with Crippen LogP contribution in [0.1, 0.15) is 32.1 Å². The van der Waals surface area contributed by atoms with Gasteiger partial charge in [-0.2, -0.15) is 0 Å². The van der Waals surface area contributed by atoms with Crippen LogP contribution in [-0.2, 0) is 13.2 Å². The molecule has 0 fully saturated rings. The summed E-state index contributed by atoms with van der Waals surface area (Å²) in [5.41, 5.74) is 1.18.